The number of halogens is 1. The first-order chi connectivity index (χ1) is 16.4. The molecule has 34 heavy (non-hydrogen) atoms. The largest absolute Gasteiger partial charge is 0.465 e. The van der Waals surface area contributed by atoms with E-state index >= 15 is 4.39 Å². The molecule has 1 amide bonds. The Hall–Kier alpha value is -3.50. The van der Waals surface area contributed by atoms with Crippen molar-refractivity contribution in [1.29, 1.82) is 0 Å². The number of carboxylic acid groups (broad SMARTS) is 1. The van der Waals surface area contributed by atoms with E-state index in [1.807, 2.05) is 6.92 Å². The number of anilines is 3. The van der Waals surface area contributed by atoms with Crippen LogP contribution in [0.5, 0.6) is 0 Å². The Morgan fingerprint density at radius 2 is 2.15 bits per heavy atom. The molecule has 1 aromatic carbocycles. The van der Waals surface area contributed by atoms with Gasteiger partial charge in [0.05, 0.1) is 29.7 Å². The maximum absolute atomic E-state index is 15.4. The second-order valence-corrected chi connectivity index (χ2v) is 8.84. The Labute approximate surface area is 195 Å². The van der Waals surface area contributed by atoms with Crippen LogP contribution in [0.2, 0.25) is 0 Å². The van der Waals surface area contributed by atoms with Gasteiger partial charge in [0.15, 0.2) is 5.82 Å². The number of rotatable bonds is 4. The third-order valence-corrected chi connectivity index (χ3v) is 6.72. The van der Waals surface area contributed by atoms with Gasteiger partial charge in [0.2, 0.25) is 0 Å². The summed E-state index contributed by atoms with van der Waals surface area (Å²) in [6.07, 6.45) is 3.13. The first kappa shape index (κ1) is 22.3. The first-order valence-corrected chi connectivity index (χ1v) is 11.2. The van der Waals surface area contributed by atoms with Crippen molar-refractivity contribution in [2.75, 3.05) is 42.3 Å². The summed E-state index contributed by atoms with van der Waals surface area (Å²) in [5.74, 6) is -0.244. The number of nitrogens with one attached hydrogen (secondary N) is 1. The van der Waals surface area contributed by atoms with E-state index in [4.69, 9.17) is 10.5 Å². The van der Waals surface area contributed by atoms with E-state index in [-0.39, 0.29) is 35.6 Å². The topological polar surface area (TPSA) is 134 Å². The van der Waals surface area contributed by atoms with Gasteiger partial charge in [-0.3, -0.25) is 9.88 Å². The molecule has 0 bridgehead atoms. The summed E-state index contributed by atoms with van der Waals surface area (Å²) >= 11 is 0. The second kappa shape index (κ2) is 8.69. The van der Waals surface area contributed by atoms with Crippen molar-refractivity contribution >= 4 is 34.1 Å². The molecule has 0 unspecified atom stereocenters. The summed E-state index contributed by atoms with van der Waals surface area (Å²) in [4.78, 5) is 22.0. The maximum atomic E-state index is 15.4. The van der Waals surface area contributed by atoms with E-state index in [0.717, 1.165) is 16.9 Å². The Bertz CT molecular complexity index is 1280. The highest BCUT2D eigenvalue weighted by molar-refractivity contribution is 5.99. The van der Waals surface area contributed by atoms with Crippen molar-refractivity contribution in [2.24, 2.45) is 5.92 Å². The number of nitrogens with zero attached hydrogens (tertiary/aromatic N) is 3. The molecule has 3 aromatic rings. The van der Waals surface area contributed by atoms with Crippen LogP contribution >= 0.6 is 0 Å². The van der Waals surface area contributed by atoms with Crippen LogP contribution < -0.4 is 16.0 Å². The van der Waals surface area contributed by atoms with Crippen LogP contribution in [-0.2, 0) is 11.2 Å². The van der Waals surface area contributed by atoms with E-state index < -0.39 is 11.9 Å². The number of benzene rings is 1. The predicted molar refractivity (Wildman–Crippen MR) is 127 cm³/mol. The first-order valence-electron chi connectivity index (χ1n) is 11.2. The summed E-state index contributed by atoms with van der Waals surface area (Å²) in [6.45, 7) is 3.37. The molecular weight excluding hydrogens is 441 g/mol. The van der Waals surface area contributed by atoms with Gasteiger partial charge in [0.1, 0.15) is 5.82 Å². The lowest BCUT2D eigenvalue weighted by molar-refractivity contribution is 0.183. The quantitative estimate of drug-likeness (QED) is 0.430. The standard InChI is InChI=1S/C24H26FN5O4/c1-12-17(8-27-19-4-13(10-31)7-29-23(12)19)16-5-14-6-20(28-9-18(14)22(26)21(16)25)30(24(32)33)15-2-3-34-11-15/h5-6,8-9,13,15,29,31H,2-4,7,10-11,26H2,1H3,(H,32,33)/t13-,15-/m0/s1. The number of aliphatic hydroxyl groups excluding tert-OH is 1. The molecule has 178 valence electrons. The highest BCUT2D eigenvalue weighted by Crippen LogP contribution is 2.39. The molecule has 2 atom stereocenters. The average molecular weight is 468 g/mol. The minimum Gasteiger partial charge on any atom is -0.465 e. The van der Waals surface area contributed by atoms with Crippen molar-refractivity contribution in [3.63, 3.8) is 0 Å². The molecule has 9 nitrogen and oxygen atoms in total. The third-order valence-electron chi connectivity index (χ3n) is 6.72. The zero-order chi connectivity index (χ0) is 24.0. The van der Waals surface area contributed by atoms with Gasteiger partial charge >= 0.3 is 6.09 Å². The normalized spacial score (nSPS) is 19.6. The number of hydrogen-bond donors (Lipinski definition) is 4. The number of aromatic nitrogens is 2. The highest BCUT2D eigenvalue weighted by Gasteiger charge is 2.30. The highest BCUT2D eigenvalue weighted by atomic mass is 19.1. The molecule has 0 radical (unpaired) electrons. The molecule has 0 saturated carbocycles. The summed E-state index contributed by atoms with van der Waals surface area (Å²) in [5.41, 5.74) is 9.50. The van der Waals surface area contributed by atoms with Gasteiger partial charge in [0.25, 0.3) is 0 Å². The van der Waals surface area contributed by atoms with E-state index in [1.54, 1.807) is 18.3 Å². The van der Waals surface area contributed by atoms with E-state index in [1.165, 1.54) is 11.1 Å². The minimum atomic E-state index is -1.13. The Morgan fingerprint density at radius 3 is 2.85 bits per heavy atom. The summed E-state index contributed by atoms with van der Waals surface area (Å²) in [5, 5.41) is 23.6. The SMILES string of the molecule is Cc1c(-c2cc3cc(N(C(=O)O)[C@H]4CCOC4)ncc3c(N)c2F)cnc2c1NC[C@@H](CO)C2. The number of hydrogen-bond acceptors (Lipinski definition) is 7. The van der Waals surface area contributed by atoms with Crippen LogP contribution in [0.15, 0.2) is 24.5 Å². The number of fused-ring (bicyclic) bond motifs is 2. The van der Waals surface area contributed by atoms with Gasteiger partial charge in [-0.2, -0.15) is 0 Å². The van der Waals surface area contributed by atoms with Crippen LogP contribution in [0.4, 0.5) is 26.4 Å². The van der Waals surface area contributed by atoms with Crippen molar-refractivity contribution in [3.8, 4) is 11.1 Å². The third kappa shape index (κ3) is 3.68. The van der Waals surface area contributed by atoms with Gasteiger partial charge < -0.3 is 26.0 Å². The Balaban J connectivity index is 1.61. The number of amides is 1. The molecule has 1 saturated heterocycles. The minimum absolute atomic E-state index is 0.0527. The predicted octanol–water partition coefficient (Wildman–Crippen LogP) is 3.18. The van der Waals surface area contributed by atoms with Gasteiger partial charge in [0, 0.05) is 54.6 Å². The number of nitrogens with two attached hydrogens (primary N) is 1. The summed E-state index contributed by atoms with van der Waals surface area (Å²) in [7, 11) is 0. The van der Waals surface area contributed by atoms with Crippen molar-refractivity contribution in [2.45, 2.75) is 25.8 Å². The van der Waals surface area contributed by atoms with Gasteiger partial charge in [-0.1, -0.05) is 0 Å². The van der Waals surface area contributed by atoms with Crippen LogP contribution in [-0.4, -0.2) is 58.7 Å². The van der Waals surface area contributed by atoms with E-state index in [0.29, 0.717) is 48.9 Å². The summed E-state index contributed by atoms with van der Waals surface area (Å²) < 4.78 is 20.8. The smallest absolute Gasteiger partial charge is 0.413 e. The second-order valence-electron chi connectivity index (χ2n) is 8.84. The number of pyridine rings is 2. The molecule has 0 spiro atoms. The van der Waals surface area contributed by atoms with Crippen molar-refractivity contribution in [1.82, 2.24) is 9.97 Å². The van der Waals surface area contributed by atoms with Gasteiger partial charge in [-0.05, 0) is 42.8 Å². The average Bonchev–Trinajstić information content (AvgIpc) is 3.35. The zero-order valence-electron chi connectivity index (χ0n) is 18.7. The molecule has 1 fully saturated rings. The lowest BCUT2D eigenvalue weighted by Crippen LogP contribution is -2.40. The van der Waals surface area contributed by atoms with Crippen LogP contribution in [0.3, 0.4) is 0 Å². The maximum Gasteiger partial charge on any atom is 0.413 e. The van der Waals surface area contributed by atoms with Crippen molar-refractivity contribution in [3.05, 3.63) is 41.6 Å². The molecular formula is C24H26FN5O4. The monoisotopic (exact) mass is 467 g/mol. The Kier molecular flexibility index (Phi) is 5.70. The number of carbonyl (C=O) groups is 1. The van der Waals surface area contributed by atoms with E-state index in [9.17, 15) is 15.0 Å². The fraction of sp³-hybridized carbons (Fsp3) is 0.375. The lowest BCUT2D eigenvalue weighted by Gasteiger charge is -2.26. The summed E-state index contributed by atoms with van der Waals surface area (Å²) in [6, 6.07) is 2.94. The van der Waals surface area contributed by atoms with E-state index in [2.05, 4.69) is 15.3 Å². The molecule has 2 aliphatic rings. The number of aliphatic hydroxyl groups is 1. The lowest BCUT2D eigenvalue weighted by atomic mass is 9.92. The van der Waals surface area contributed by atoms with Gasteiger partial charge in [-0.15, -0.1) is 0 Å². The molecule has 2 aromatic heterocycles. The number of nitrogen functional groups attached to an aromatic ring is 1. The molecule has 2 aliphatic heterocycles. The van der Waals surface area contributed by atoms with Crippen LogP contribution in [0.25, 0.3) is 21.9 Å². The molecule has 5 rings (SSSR count). The zero-order valence-corrected chi connectivity index (χ0v) is 18.7. The van der Waals surface area contributed by atoms with Crippen molar-refractivity contribution < 1.29 is 24.1 Å². The number of ether oxygens (including phenoxy) is 1. The molecule has 4 heterocycles. The molecule has 0 aliphatic carbocycles. The Morgan fingerprint density at radius 1 is 1.32 bits per heavy atom. The fourth-order valence-corrected chi connectivity index (χ4v) is 4.82. The molecule has 10 heteroatoms. The van der Waals surface area contributed by atoms with Crippen LogP contribution in [0, 0.1) is 18.7 Å². The molecule has 5 N–H and O–H groups in total. The van der Waals surface area contributed by atoms with Gasteiger partial charge in [-0.25, -0.2) is 14.2 Å². The fourth-order valence-electron chi connectivity index (χ4n) is 4.82. The van der Waals surface area contributed by atoms with Crippen LogP contribution in [0.1, 0.15) is 17.7 Å².